The SMILES string of the molecule is CCCCCCCCN1C(=O)C2=C(c3ccc(-c4ccc(N(c5ccc(-c6ccc(OCCCC)cc6OCCCC)cc5)c5ccc(-c6ccc(OCCCC)cc6OCCCC)cc5)cc4)s3)N(CCCCCCCC)C(=O)C2=C1c1ccc(-c2ccc(/C=C(\C#N)C(=O)O)o2)cc1. The smallest absolute Gasteiger partial charge is 0.346 e. The maximum absolute atomic E-state index is 15.5. The number of carbonyl (C=O) groups excluding carboxylic acids is 2. The molecule has 6 aromatic carbocycles. The average Bonchev–Trinajstić information content (AvgIpc) is 1.55. The lowest BCUT2D eigenvalue weighted by Gasteiger charge is -2.26. The summed E-state index contributed by atoms with van der Waals surface area (Å²) in [4.78, 5) is 50.4. The van der Waals surface area contributed by atoms with Gasteiger partial charge in [-0.05, 0) is 146 Å². The molecule has 0 saturated carbocycles. The highest BCUT2D eigenvalue weighted by atomic mass is 32.1. The lowest BCUT2D eigenvalue weighted by atomic mass is 10.0. The first-order chi connectivity index (χ1) is 49.0. The van der Waals surface area contributed by atoms with Crippen molar-refractivity contribution < 1.29 is 42.9 Å². The van der Waals surface area contributed by atoms with Crippen molar-refractivity contribution in [3.8, 4) is 73.1 Å². The number of ether oxygens (including phenoxy) is 4. The van der Waals surface area contributed by atoms with E-state index in [4.69, 9.17) is 23.4 Å². The number of fused-ring (bicyclic) bond motifs is 1. The third-order valence-corrected chi connectivity index (χ3v) is 19.6. The van der Waals surface area contributed by atoms with Gasteiger partial charge in [-0.15, -0.1) is 11.3 Å². The van der Waals surface area contributed by atoms with Gasteiger partial charge in [-0.1, -0.05) is 192 Å². The zero-order valence-corrected chi connectivity index (χ0v) is 60.2. The van der Waals surface area contributed by atoms with Crippen LogP contribution in [0.1, 0.15) is 186 Å². The maximum atomic E-state index is 15.5. The third-order valence-electron chi connectivity index (χ3n) is 18.4. The second-order valence-corrected chi connectivity index (χ2v) is 27.0. The second-order valence-electron chi connectivity index (χ2n) is 25.9. The van der Waals surface area contributed by atoms with Gasteiger partial charge in [0.15, 0.2) is 0 Å². The molecule has 8 aromatic rings. The Morgan fingerprint density at radius 3 is 1.34 bits per heavy atom. The van der Waals surface area contributed by atoms with Crippen LogP contribution in [-0.4, -0.2) is 72.2 Å². The van der Waals surface area contributed by atoms with Crippen LogP contribution < -0.4 is 23.8 Å². The van der Waals surface area contributed by atoms with Crippen molar-refractivity contribution in [1.29, 1.82) is 5.26 Å². The highest BCUT2D eigenvalue weighted by Crippen LogP contribution is 2.50. The van der Waals surface area contributed by atoms with Crippen LogP contribution in [0.25, 0.3) is 61.5 Å². The van der Waals surface area contributed by atoms with Crippen molar-refractivity contribution in [3.63, 3.8) is 0 Å². The van der Waals surface area contributed by atoms with E-state index in [-0.39, 0.29) is 17.6 Å². The predicted molar refractivity (Wildman–Crippen MR) is 406 cm³/mol. The first-order valence-corrected chi connectivity index (χ1v) is 37.5. The first-order valence-electron chi connectivity index (χ1n) is 36.7. The Bertz CT molecular complexity index is 4040. The van der Waals surface area contributed by atoms with Gasteiger partial charge in [0.25, 0.3) is 11.8 Å². The summed E-state index contributed by atoms with van der Waals surface area (Å²) in [5.74, 6) is 2.26. The van der Waals surface area contributed by atoms with Crippen LogP contribution in [0.3, 0.4) is 0 Å². The minimum atomic E-state index is -1.34. The number of carboxylic acids is 1. The van der Waals surface area contributed by atoms with Crippen molar-refractivity contribution >= 4 is 63.7 Å². The Morgan fingerprint density at radius 2 is 0.870 bits per heavy atom. The van der Waals surface area contributed by atoms with E-state index in [1.807, 2.05) is 58.3 Å². The number of unbranched alkanes of at least 4 members (excludes halogenated alkanes) is 14. The molecule has 1 N–H and O–H groups in total. The minimum absolute atomic E-state index is 0.164. The molecule has 522 valence electrons. The molecule has 0 spiro atoms. The third kappa shape index (κ3) is 18.3. The summed E-state index contributed by atoms with van der Waals surface area (Å²) in [6.45, 7) is 16.6. The van der Waals surface area contributed by atoms with E-state index >= 15 is 9.59 Å². The van der Waals surface area contributed by atoms with Gasteiger partial charge in [-0.2, -0.15) is 5.26 Å². The van der Waals surface area contributed by atoms with Gasteiger partial charge in [0.05, 0.1) is 53.8 Å². The molecule has 0 atom stereocenters. The number of aliphatic carboxylic acids is 1. The lowest BCUT2D eigenvalue weighted by molar-refractivity contribution is -0.132. The topological polar surface area (TPSA) is 155 Å². The number of rotatable bonds is 41. The van der Waals surface area contributed by atoms with Gasteiger partial charge < -0.3 is 43.2 Å². The van der Waals surface area contributed by atoms with Gasteiger partial charge >= 0.3 is 5.97 Å². The number of amides is 2. The van der Waals surface area contributed by atoms with E-state index < -0.39 is 11.5 Å². The summed E-state index contributed by atoms with van der Waals surface area (Å²) in [5.41, 5.74) is 11.2. The maximum Gasteiger partial charge on any atom is 0.346 e. The highest BCUT2D eigenvalue weighted by molar-refractivity contribution is 7.16. The van der Waals surface area contributed by atoms with E-state index in [1.54, 1.807) is 29.5 Å². The fourth-order valence-corrected chi connectivity index (χ4v) is 13.9. The zero-order chi connectivity index (χ0) is 70.2. The number of nitriles is 1. The number of nitrogens with zero attached hydrogens (tertiary/aromatic N) is 4. The molecule has 13 nitrogen and oxygen atoms in total. The molecular weight excluding hydrogens is 1270 g/mol. The Morgan fingerprint density at radius 1 is 0.460 bits per heavy atom. The summed E-state index contributed by atoms with van der Waals surface area (Å²) in [6.07, 6.45) is 21.8. The van der Waals surface area contributed by atoms with E-state index in [2.05, 4.69) is 144 Å². The molecule has 14 heteroatoms. The lowest BCUT2D eigenvalue weighted by Crippen LogP contribution is -2.31. The molecular formula is C86H98N4O9S. The second kappa shape index (κ2) is 37.0. The largest absolute Gasteiger partial charge is 0.493 e. The molecule has 10 rings (SSSR count). The van der Waals surface area contributed by atoms with Crippen molar-refractivity contribution in [2.24, 2.45) is 0 Å². The van der Waals surface area contributed by atoms with Crippen molar-refractivity contribution in [2.75, 3.05) is 44.4 Å². The summed E-state index contributed by atoms with van der Waals surface area (Å²) in [5, 5.41) is 18.9. The standard InChI is InChI=1S/C86H98N4O9S/c1-7-13-19-21-23-25-51-88-82(65-29-27-63(28-30-65)75-48-45-72(99-75)57-66(60-87)86(93)94)80-81(85(88)92)83(89(84(80)91)52-26-24-22-20-14-8-2)79-50-49-78(100-79)64-35-41-69(42-36-64)90(67-37-31-61(32-38-67)73-46-43-70(95-53-15-9-3)58-76(73)97-55-17-11-5)68-39-33-62(34-40-68)74-47-44-71(96-54-16-10-4)59-77(74)98-56-18-12-6/h27-50,57-59H,7-26,51-56H2,1-6H3,(H,93,94)/b66-57+. The molecule has 0 radical (unpaired) electrons. The van der Waals surface area contributed by atoms with Crippen molar-refractivity contribution in [1.82, 2.24) is 9.80 Å². The number of anilines is 3. The average molecular weight is 1360 g/mol. The molecule has 2 aliphatic rings. The molecule has 2 aromatic heterocycles. The van der Waals surface area contributed by atoms with Crippen molar-refractivity contribution in [2.45, 2.75) is 170 Å². The Labute approximate surface area is 596 Å². The molecule has 0 bridgehead atoms. The summed E-state index contributed by atoms with van der Waals surface area (Å²) >= 11 is 1.60. The zero-order valence-electron chi connectivity index (χ0n) is 59.4. The van der Waals surface area contributed by atoms with E-state index in [9.17, 15) is 15.2 Å². The van der Waals surface area contributed by atoms with Crippen LogP contribution in [0, 0.1) is 11.3 Å². The Balaban J connectivity index is 1.01. The Hall–Kier alpha value is -9.58. The minimum Gasteiger partial charge on any atom is -0.493 e. The number of hydrogen-bond acceptors (Lipinski definition) is 11. The number of carboxylic acid groups (broad SMARTS) is 1. The van der Waals surface area contributed by atoms with Crippen LogP contribution in [0.5, 0.6) is 23.0 Å². The van der Waals surface area contributed by atoms with Crippen LogP contribution in [-0.2, 0) is 14.4 Å². The first kappa shape index (κ1) is 73.1. The molecule has 0 saturated heterocycles. The summed E-state index contributed by atoms with van der Waals surface area (Å²) in [6, 6.07) is 55.3. The predicted octanol–water partition coefficient (Wildman–Crippen LogP) is 22.7. The quantitative estimate of drug-likeness (QED) is 0.0221. The monoisotopic (exact) mass is 1360 g/mol. The molecule has 100 heavy (non-hydrogen) atoms. The number of benzene rings is 6. The summed E-state index contributed by atoms with van der Waals surface area (Å²) < 4.78 is 31.2. The number of furan rings is 1. The van der Waals surface area contributed by atoms with Gasteiger partial charge in [0.2, 0.25) is 0 Å². The van der Waals surface area contributed by atoms with Crippen LogP contribution >= 0.6 is 11.3 Å². The van der Waals surface area contributed by atoms with E-state index in [0.717, 1.165) is 205 Å². The normalized spacial score (nSPS) is 13.0. The fraction of sp³-hybridized carbons (Fsp3) is 0.372. The van der Waals surface area contributed by atoms with Gasteiger partial charge in [0, 0.05) is 69.9 Å². The summed E-state index contributed by atoms with van der Waals surface area (Å²) in [7, 11) is 0. The molecule has 0 fully saturated rings. The van der Waals surface area contributed by atoms with Crippen LogP contribution in [0.15, 0.2) is 179 Å². The van der Waals surface area contributed by atoms with E-state index in [0.29, 0.717) is 73.4 Å². The number of hydrogen-bond donors (Lipinski definition) is 1. The molecule has 0 aliphatic carbocycles. The van der Waals surface area contributed by atoms with Crippen LogP contribution in [0.4, 0.5) is 17.1 Å². The fourth-order valence-electron chi connectivity index (χ4n) is 12.8. The molecule has 0 unspecified atom stereocenters. The van der Waals surface area contributed by atoms with Gasteiger partial charge in [-0.25, -0.2) is 4.79 Å². The van der Waals surface area contributed by atoms with Crippen molar-refractivity contribution in [3.05, 3.63) is 191 Å². The van der Waals surface area contributed by atoms with Crippen LogP contribution in [0.2, 0.25) is 0 Å². The molecule has 2 aliphatic heterocycles. The van der Waals surface area contributed by atoms with Gasteiger partial charge in [0.1, 0.15) is 46.2 Å². The molecule has 2 amide bonds. The van der Waals surface area contributed by atoms with E-state index in [1.165, 1.54) is 12.5 Å². The Kier molecular flexibility index (Phi) is 27.1. The van der Waals surface area contributed by atoms with Gasteiger partial charge in [-0.3, -0.25) is 9.59 Å². The number of thiophene rings is 1. The molecule has 4 heterocycles. The number of carbonyl (C=O) groups is 3. The highest BCUT2D eigenvalue weighted by Gasteiger charge is 2.49.